The van der Waals surface area contributed by atoms with Gasteiger partial charge in [-0.1, -0.05) is 0 Å². The van der Waals surface area contributed by atoms with E-state index in [2.05, 4.69) is 9.97 Å². The predicted octanol–water partition coefficient (Wildman–Crippen LogP) is -1.11. The minimum Gasteiger partial charge on any atom is -0.391 e. The zero-order chi connectivity index (χ0) is 16.0. The van der Waals surface area contributed by atoms with Crippen molar-refractivity contribution < 1.29 is 20.1 Å². The van der Waals surface area contributed by atoms with Crippen LogP contribution >= 0.6 is 0 Å². The molecule has 5 N–H and O–H groups in total. The van der Waals surface area contributed by atoms with Crippen molar-refractivity contribution in [3.8, 4) is 6.07 Å². The Balaban J connectivity index is 2.12. The summed E-state index contributed by atoms with van der Waals surface area (Å²) in [6.45, 7) is 1.46. The number of hydrogen-bond donors (Lipinski definition) is 4. The second-order valence-electron chi connectivity index (χ2n) is 5.23. The Labute approximate surface area is 125 Å². The molecule has 0 radical (unpaired) electrons. The van der Waals surface area contributed by atoms with E-state index in [1.54, 1.807) is 0 Å². The average molecular weight is 305 g/mol. The van der Waals surface area contributed by atoms with Crippen molar-refractivity contribution in [1.82, 2.24) is 14.5 Å². The first-order valence-electron chi connectivity index (χ1n) is 6.66. The maximum Gasteiger partial charge on any atom is 0.164 e. The molecule has 1 aliphatic heterocycles. The first-order chi connectivity index (χ1) is 10.5. The van der Waals surface area contributed by atoms with Gasteiger partial charge < -0.3 is 30.4 Å². The Morgan fingerprint density at radius 2 is 2.14 bits per heavy atom. The van der Waals surface area contributed by atoms with Crippen molar-refractivity contribution in [2.45, 2.75) is 37.6 Å². The maximum absolute atomic E-state index is 10.2. The van der Waals surface area contributed by atoms with Gasteiger partial charge in [-0.05, 0) is 6.92 Å². The molecule has 0 spiro atoms. The molecule has 1 aliphatic rings. The van der Waals surface area contributed by atoms with Crippen LogP contribution in [-0.4, -0.2) is 54.3 Å². The lowest BCUT2D eigenvalue weighted by Crippen LogP contribution is -2.37. The molecule has 2 aromatic heterocycles. The summed E-state index contributed by atoms with van der Waals surface area (Å²) in [4.78, 5) is 7.91. The summed E-state index contributed by atoms with van der Waals surface area (Å²) < 4.78 is 6.96. The molecule has 1 fully saturated rings. The fourth-order valence-electron chi connectivity index (χ4n) is 2.70. The van der Waals surface area contributed by atoms with Gasteiger partial charge in [-0.3, -0.25) is 0 Å². The van der Waals surface area contributed by atoms with Crippen LogP contribution < -0.4 is 5.73 Å². The molecule has 0 aromatic carbocycles. The minimum absolute atomic E-state index is 0.139. The van der Waals surface area contributed by atoms with Crippen LogP contribution in [0.2, 0.25) is 0 Å². The number of nitrogen functional groups attached to an aromatic ring is 1. The lowest BCUT2D eigenvalue weighted by atomic mass is 10.1. The number of aromatic nitrogens is 3. The van der Waals surface area contributed by atoms with Crippen molar-refractivity contribution in [2.24, 2.45) is 0 Å². The van der Waals surface area contributed by atoms with Crippen LogP contribution in [0.1, 0.15) is 18.7 Å². The van der Waals surface area contributed by atoms with Crippen molar-refractivity contribution >= 4 is 16.9 Å². The summed E-state index contributed by atoms with van der Waals surface area (Å²) in [7, 11) is 0. The van der Waals surface area contributed by atoms with E-state index >= 15 is 0 Å². The first-order valence-corrected chi connectivity index (χ1v) is 6.66. The number of nitrogens with zero attached hydrogens (tertiary/aromatic N) is 4. The first kappa shape index (κ1) is 14.7. The molecule has 0 saturated carbocycles. The Bertz CT molecular complexity index is 753. The highest BCUT2D eigenvalue weighted by atomic mass is 16.6. The fourth-order valence-corrected chi connectivity index (χ4v) is 2.70. The molecule has 0 unspecified atom stereocenters. The number of hydrogen-bond acceptors (Lipinski definition) is 8. The monoisotopic (exact) mass is 305 g/mol. The molecule has 5 atom stereocenters. The highest BCUT2D eigenvalue weighted by Gasteiger charge is 2.46. The number of ether oxygens (including phenoxy) is 1. The Morgan fingerprint density at radius 3 is 2.73 bits per heavy atom. The van der Waals surface area contributed by atoms with Gasteiger partial charge in [-0.15, -0.1) is 0 Å². The van der Waals surface area contributed by atoms with Crippen LogP contribution in [0.4, 0.5) is 5.82 Å². The average Bonchev–Trinajstić information content (AvgIpc) is 2.99. The molecular formula is C13H15N5O4. The SMILES string of the molecule is C[C@H](O)[C@H]1O[C@@H](n2cc(C#N)c3c(N)ncnc32)[C@H](O)[C@@H]1O. The smallest absolute Gasteiger partial charge is 0.164 e. The summed E-state index contributed by atoms with van der Waals surface area (Å²) >= 11 is 0. The third kappa shape index (κ3) is 2.01. The van der Waals surface area contributed by atoms with Crippen molar-refractivity contribution in [2.75, 3.05) is 5.73 Å². The van der Waals surface area contributed by atoms with Gasteiger partial charge in [0, 0.05) is 6.20 Å². The summed E-state index contributed by atoms with van der Waals surface area (Å²) in [6, 6.07) is 1.98. The highest BCUT2D eigenvalue weighted by molar-refractivity contribution is 5.91. The zero-order valence-electron chi connectivity index (χ0n) is 11.7. The van der Waals surface area contributed by atoms with Gasteiger partial charge >= 0.3 is 0 Å². The Hall–Kier alpha value is -2.25. The number of anilines is 1. The molecule has 9 heteroatoms. The van der Waals surface area contributed by atoms with E-state index in [0.29, 0.717) is 11.0 Å². The van der Waals surface area contributed by atoms with Gasteiger partial charge in [0.15, 0.2) is 6.23 Å². The standard InChI is InChI=1S/C13H15N5O4/c1-5(19)10-8(20)9(21)13(22-10)18-3-6(2-14)7-11(15)16-4-17-12(7)18/h3-5,8-10,13,19-21H,1H3,(H2,15,16,17)/t5-,8-,9+,10+,13+/m0/s1. The molecular weight excluding hydrogens is 290 g/mol. The lowest BCUT2D eigenvalue weighted by molar-refractivity contribution is -0.0776. The van der Waals surface area contributed by atoms with Crippen LogP contribution in [-0.2, 0) is 4.74 Å². The van der Waals surface area contributed by atoms with Gasteiger partial charge in [0.05, 0.1) is 17.1 Å². The highest BCUT2D eigenvalue weighted by Crippen LogP contribution is 2.35. The third-order valence-corrected chi connectivity index (χ3v) is 3.78. The van der Waals surface area contributed by atoms with E-state index in [4.69, 9.17) is 10.5 Å². The van der Waals surface area contributed by atoms with E-state index in [0.717, 1.165) is 0 Å². The second-order valence-corrected chi connectivity index (χ2v) is 5.23. The normalized spacial score (nSPS) is 29.6. The van der Waals surface area contributed by atoms with Gasteiger partial charge in [-0.2, -0.15) is 5.26 Å². The van der Waals surface area contributed by atoms with Gasteiger partial charge in [0.1, 0.15) is 42.2 Å². The molecule has 3 rings (SSSR count). The topological polar surface area (TPSA) is 150 Å². The molecule has 0 bridgehead atoms. The largest absolute Gasteiger partial charge is 0.391 e. The van der Waals surface area contributed by atoms with Gasteiger partial charge in [-0.25, -0.2) is 9.97 Å². The molecule has 2 aromatic rings. The Kier molecular flexibility index (Phi) is 3.46. The van der Waals surface area contributed by atoms with Crippen molar-refractivity contribution in [3.05, 3.63) is 18.1 Å². The van der Waals surface area contributed by atoms with E-state index in [1.807, 2.05) is 6.07 Å². The summed E-state index contributed by atoms with van der Waals surface area (Å²) in [5.41, 5.74) is 6.32. The number of rotatable bonds is 2. The lowest BCUT2D eigenvalue weighted by Gasteiger charge is -2.17. The predicted molar refractivity (Wildman–Crippen MR) is 74.3 cm³/mol. The summed E-state index contributed by atoms with van der Waals surface area (Å²) in [5.74, 6) is 0.139. The molecule has 22 heavy (non-hydrogen) atoms. The van der Waals surface area contributed by atoms with Crippen molar-refractivity contribution in [3.63, 3.8) is 0 Å². The fraction of sp³-hybridized carbons (Fsp3) is 0.462. The number of aliphatic hydroxyl groups excluding tert-OH is 3. The number of fused-ring (bicyclic) bond motifs is 1. The molecule has 116 valence electrons. The third-order valence-electron chi connectivity index (χ3n) is 3.78. The second kappa shape index (κ2) is 5.19. The van der Waals surface area contributed by atoms with Gasteiger partial charge in [0.25, 0.3) is 0 Å². The van der Waals surface area contributed by atoms with Crippen LogP contribution in [0.3, 0.4) is 0 Å². The maximum atomic E-state index is 10.2. The number of aliphatic hydroxyl groups is 3. The van der Waals surface area contributed by atoms with E-state index in [-0.39, 0.29) is 11.4 Å². The zero-order valence-corrected chi connectivity index (χ0v) is 11.7. The van der Waals surface area contributed by atoms with E-state index in [9.17, 15) is 20.6 Å². The van der Waals surface area contributed by atoms with E-state index in [1.165, 1.54) is 24.0 Å². The summed E-state index contributed by atoms with van der Waals surface area (Å²) in [5, 5.41) is 39.3. The summed E-state index contributed by atoms with van der Waals surface area (Å²) in [6.07, 6.45) is -2.77. The van der Waals surface area contributed by atoms with Crippen LogP contribution in [0.5, 0.6) is 0 Å². The van der Waals surface area contributed by atoms with E-state index < -0.39 is 30.6 Å². The van der Waals surface area contributed by atoms with Crippen molar-refractivity contribution in [1.29, 1.82) is 5.26 Å². The number of nitriles is 1. The Morgan fingerprint density at radius 1 is 1.41 bits per heavy atom. The van der Waals surface area contributed by atoms with Crippen LogP contribution in [0.25, 0.3) is 11.0 Å². The van der Waals surface area contributed by atoms with Crippen LogP contribution in [0, 0.1) is 11.3 Å². The van der Waals surface area contributed by atoms with Crippen LogP contribution in [0.15, 0.2) is 12.5 Å². The molecule has 9 nitrogen and oxygen atoms in total. The number of nitrogens with two attached hydrogens (primary N) is 1. The molecule has 3 heterocycles. The minimum atomic E-state index is -1.28. The molecule has 0 aliphatic carbocycles. The molecule has 1 saturated heterocycles. The molecule has 0 amide bonds. The quantitative estimate of drug-likeness (QED) is 0.545. The van der Waals surface area contributed by atoms with Gasteiger partial charge in [0.2, 0.25) is 0 Å².